The molecule has 0 amide bonds. The first kappa shape index (κ1) is 20.0. The van der Waals surface area contributed by atoms with Crippen molar-refractivity contribution in [2.75, 3.05) is 19.6 Å². The van der Waals surface area contributed by atoms with Gasteiger partial charge in [0.05, 0.1) is 5.70 Å². The number of aromatic nitrogens is 2. The summed E-state index contributed by atoms with van der Waals surface area (Å²) in [7, 11) is 1.98. The third kappa shape index (κ3) is 4.19. The van der Waals surface area contributed by atoms with E-state index >= 15 is 0 Å². The Morgan fingerprint density at radius 2 is 2.17 bits per heavy atom. The summed E-state index contributed by atoms with van der Waals surface area (Å²) in [5.41, 5.74) is 6.22. The third-order valence-electron chi connectivity index (χ3n) is 5.47. The van der Waals surface area contributed by atoms with E-state index in [1.54, 1.807) is 0 Å². The SMILES string of the molecule is CCN1CC=C(c2cc/c(=N/C(=C\C=O)c3ccc4nc(C)oc4c3)n(C)c2)CC1. The number of fused-ring (bicyclic) bond motifs is 1. The van der Waals surface area contributed by atoms with Gasteiger partial charge in [-0.3, -0.25) is 9.69 Å². The quantitative estimate of drug-likeness (QED) is 0.482. The lowest BCUT2D eigenvalue weighted by Crippen LogP contribution is -2.28. The molecule has 3 heterocycles. The van der Waals surface area contributed by atoms with E-state index in [0.29, 0.717) is 17.2 Å². The van der Waals surface area contributed by atoms with Gasteiger partial charge in [-0.05, 0) is 48.4 Å². The van der Waals surface area contributed by atoms with Crippen molar-refractivity contribution in [2.45, 2.75) is 20.3 Å². The van der Waals surface area contributed by atoms with Crippen molar-refractivity contribution in [3.63, 3.8) is 0 Å². The predicted molar refractivity (Wildman–Crippen MR) is 118 cm³/mol. The van der Waals surface area contributed by atoms with E-state index in [2.05, 4.69) is 35.1 Å². The second-order valence-electron chi connectivity index (χ2n) is 7.47. The zero-order valence-electron chi connectivity index (χ0n) is 17.6. The van der Waals surface area contributed by atoms with Crippen LogP contribution in [0.25, 0.3) is 22.4 Å². The van der Waals surface area contributed by atoms with Crippen LogP contribution >= 0.6 is 0 Å². The smallest absolute Gasteiger partial charge is 0.192 e. The Morgan fingerprint density at radius 3 is 2.87 bits per heavy atom. The second-order valence-corrected chi connectivity index (χ2v) is 7.47. The summed E-state index contributed by atoms with van der Waals surface area (Å²) >= 11 is 0. The first-order valence-electron chi connectivity index (χ1n) is 10.2. The fraction of sp³-hybridized carbons (Fsp3) is 0.292. The molecule has 0 saturated heterocycles. The van der Waals surface area contributed by atoms with Crippen LogP contribution in [-0.4, -0.2) is 40.4 Å². The van der Waals surface area contributed by atoms with Crippen LogP contribution in [-0.2, 0) is 11.8 Å². The summed E-state index contributed by atoms with van der Waals surface area (Å²) in [5.74, 6) is 0.612. The van der Waals surface area contributed by atoms with Crippen LogP contribution in [0.2, 0.25) is 0 Å². The number of carbonyl (C=O) groups excluding carboxylic acids is 1. The molecule has 6 nitrogen and oxygen atoms in total. The van der Waals surface area contributed by atoms with Gasteiger partial charge in [-0.25, -0.2) is 9.98 Å². The molecule has 3 aromatic rings. The molecule has 154 valence electrons. The van der Waals surface area contributed by atoms with Crippen molar-refractivity contribution in [3.8, 4) is 0 Å². The van der Waals surface area contributed by atoms with Gasteiger partial charge in [0.15, 0.2) is 11.5 Å². The van der Waals surface area contributed by atoms with Gasteiger partial charge in [-0.1, -0.05) is 19.1 Å². The molecule has 0 atom stereocenters. The topological polar surface area (TPSA) is 63.6 Å². The number of aryl methyl sites for hydroxylation is 2. The molecular weight excluding hydrogens is 376 g/mol. The third-order valence-corrected chi connectivity index (χ3v) is 5.47. The number of hydrogen-bond acceptors (Lipinski definition) is 5. The average molecular weight is 402 g/mol. The van der Waals surface area contributed by atoms with Crippen molar-refractivity contribution in [2.24, 2.45) is 12.0 Å². The average Bonchev–Trinajstić information content (AvgIpc) is 3.14. The Bertz CT molecular complexity index is 1210. The lowest BCUT2D eigenvalue weighted by atomic mass is 10.0. The number of hydrogen-bond donors (Lipinski definition) is 0. The molecule has 0 unspecified atom stereocenters. The molecule has 2 aromatic heterocycles. The lowest BCUT2D eigenvalue weighted by Gasteiger charge is -2.25. The minimum absolute atomic E-state index is 0.583. The van der Waals surface area contributed by atoms with E-state index in [-0.39, 0.29) is 0 Å². The number of nitrogens with zero attached hydrogens (tertiary/aromatic N) is 4. The fourth-order valence-electron chi connectivity index (χ4n) is 3.75. The van der Waals surface area contributed by atoms with E-state index in [0.717, 1.165) is 48.9 Å². The molecule has 0 spiro atoms. The second kappa shape index (κ2) is 8.63. The van der Waals surface area contributed by atoms with Gasteiger partial charge in [0.25, 0.3) is 0 Å². The van der Waals surface area contributed by atoms with E-state index < -0.39 is 0 Å². The van der Waals surface area contributed by atoms with Crippen molar-refractivity contribution in [1.29, 1.82) is 0 Å². The summed E-state index contributed by atoms with van der Waals surface area (Å²) < 4.78 is 7.62. The van der Waals surface area contributed by atoms with Crippen molar-refractivity contribution >= 4 is 28.7 Å². The molecule has 0 fully saturated rings. The molecule has 0 radical (unpaired) electrons. The fourth-order valence-corrected chi connectivity index (χ4v) is 3.75. The summed E-state index contributed by atoms with van der Waals surface area (Å²) in [6, 6.07) is 9.76. The van der Waals surface area contributed by atoms with Gasteiger partial charge in [0.2, 0.25) is 0 Å². The van der Waals surface area contributed by atoms with Crippen molar-refractivity contribution < 1.29 is 9.21 Å². The van der Waals surface area contributed by atoms with Crippen molar-refractivity contribution in [1.82, 2.24) is 14.5 Å². The molecule has 0 aliphatic carbocycles. The molecule has 0 bridgehead atoms. The maximum absolute atomic E-state index is 11.3. The Hall–Kier alpha value is -3.25. The van der Waals surface area contributed by atoms with Gasteiger partial charge in [0.1, 0.15) is 17.3 Å². The van der Waals surface area contributed by atoms with Crippen LogP contribution in [0.5, 0.6) is 0 Å². The van der Waals surface area contributed by atoms with Gasteiger partial charge >= 0.3 is 0 Å². The van der Waals surface area contributed by atoms with E-state index in [4.69, 9.17) is 9.41 Å². The highest BCUT2D eigenvalue weighted by atomic mass is 16.3. The Labute approximate surface area is 175 Å². The van der Waals surface area contributed by atoms with Gasteiger partial charge in [0, 0.05) is 44.9 Å². The maximum Gasteiger partial charge on any atom is 0.192 e. The normalized spacial score (nSPS) is 16.2. The van der Waals surface area contributed by atoms with E-state index in [1.807, 2.05) is 42.8 Å². The molecule has 4 rings (SSSR count). The van der Waals surface area contributed by atoms with Gasteiger partial charge < -0.3 is 8.98 Å². The van der Waals surface area contributed by atoms with Crippen LogP contribution in [0, 0.1) is 6.92 Å². The molecule has 6 heteroatoms. The highest BCUT2D eigenvalue weighted by Gasteiger charge is 2.12. The molecular formula is C24H26N4O2. The standard InChI is InChI=1S/C24H26N4O2/c1-4-28-12-9-18(10-13-28)20-6-8-24(27(3)16-20)26-21(11-14-29)19-5-7-22-23(15-19)30-17(2)25-22/h5-9,11,14-16H,4,10,12-13H2,1-3H3/b21-11-,26-24-. The maximum atomic E-state index is 11.3. The largest absolute Gasteiger partial charge is 0.441 e. The molecule has 1 aromatic carbocycles. The zero-order valence-corrected chi connectivity index (χ0v) is 17.6. The molecule has 1 aliphatic heterocycles. The van der Waals surface area contributed by atoms with Crippen LogP contribution < -0.4 is 5.49 Å². The zero-order chi connectivity index (χ0) is 21.1. The van der Waals surface area contributed by atoms with Gasteiger partial charge in [-0.2, -0.15) is 0 Å². The monoisotopic (exact) mass is 402 g/mol. The Morgan fingerprint density at radius 1 is 1.30 bits per heavy atom. The number of likely N-dealkylation sites (N-methyl/N-ethyl adjacent to an activating group) is 1. The summed E-state index contributed by atoms with van der Waals surface area (Å²) in [4.78, 5) is 22.7. The van der Waals surface area contributed by atoms with Crippen LogP contribution in [0.1, 0.15) is 30.4 Å². The molecule has 0 saturated carbocycles. The summed E-state index contributed by atoms with van der Waals surface area (Å²) in [6.45, 7) is 7.18. The highest BCUT2D eigenvalue weighted by Crippen LogP contribution is 2.23. The van der Waals surface area contributed by atoms with Crippen molar-refractivity contribution in [3.05, 3.63) is 71.2 Å². The van der Waals surface area contributed by atoms with E-state index in [1.165, 1.54) is 17.2 Å². The Kier molecular flexibility index (Phi) is 5.77. The van der Waals surface area contributed by atoms with Crippen LogP contribution in [0.15, 0.2) is 58.1 Å². The summed E-state index contributed by atoms with van der Waals surface area (Å²) in [6.07, 6.45) is 7.70. The summed E-state index contributed by atoms with van der Waals surface area (Å²) in [5, 5.41) is 0. The number of carbonyl (C=O) groups is 1. The van der Waals surface area contributed by atoms with Crippen LogP contribution in [0.4, 0.5) is 0 Å². The number of rotatable bonds is 5. The predicted octanol–water partition coefficient (Wildman–Crippen LogP) is 3.72. The molecule has 1 aliphatic rings. The number of aldehydes is 1. The highest BCUT2D eigenvalue weighted by molar-refractivity contribution is 5.85. The first-order valence-corrected chi connectivity index (χ1v) is 10.2. The lowest BCUT2D eigenvalue weighted by molar-refractivity contribution is -0.104. The minimum Gasteiger partial charge on any atom is -0.441 e. The number of allylic oxidation sites excluding steroid dienone is 1. The van der Waals surface area contributed by atoms with E-state index in [9.17, 15) is 4.79 Å². The molecule has 0 N–H and O–H groups in total. The Balaban J connectivity index is 1.68. The first-order chi connectivity index (χ1) is 14.6. The molecule has 30 heavy (non-hydrogen) atoms. The number of pyridine rings is 1. The minimum atomic E-state index is 0.583. The number of benzene rings is 1. The number of oxazole rings is 1. The van der Waals surface area contributed by atoms with Crippen LogP contribution in [0.3, 0.4) is 0 Å². The van der Waals surface area contributed by atoms with Gasteiger partial charge in [-0.15, -0.1) is 0 Å².